The lowest BCUT2D eigenvalue weighted by atomic mass is 10.1. The van der Waals surface area contributed by atoms with Crippen molar-refractivity contribution in [2.45, 2.75) is 18.2 Å². The molecule has 1 aliphatic heterocycles. The van der Waals surface area contributed by atoms with Gasteiger partial charge in [0.1, 0.15) is 4.90 Å². The highest BCUT2D eigenvalue weighted by atomic mass is 79.9. The van der Waals surface area contributed by atoms with E-state index in [1.165, 1.54) is 10.4 Å². The Hall–Kier alpha value is -0.140. The van der Waals surface area contributed by atoms with Gasteiger partial charge in [0.05, 0.1) is 11.6 Å². The summed E-state index contributed by atoms with van der Waals surface area (Å²) in [6.45, 7) is 4.07. The molecule has 0 aromatic heterocycles. The fourth-order valence-electron chi connectivity index (χ4n) is 2.24. The van der Waals surface area contributed by atoms with Crippen molar-refractivity contribution in [2.75, 3.05) is 26.3 Å². The minimum absolute atomic E-state index is 0.156. The summed E-state index contributed by atoms with van der Waals surface area (Å²) >= 11 is 9.35. The predicted molar refractivity (Wildman–Crippen MR) is 82.5 cm³/mol. The van der Waals surface area contributed by atoms with E-state index in [9.17, 15) is 8.42 Å². The smallest absolute Gasteiger partial charge is 0.244 e. The Morgan fingerprint density at radius 3 is 2.80 bits per heavy atom. The number of nitrogens with zero attached hydrogens (tertiary/aromatic N) is 1. The summed E-state index contributed by atoms with van der Waals surface area (Å²) in [6, 6.07) is 4.82. The van der Waals surface area contributed by atoms with Crippen LogP contribution in [0.25, 0.3) is 0 Å². The van der Waals surface area contributed by atoms with E-state index in [1.54, 1.807) is 12.1 Å². The van der Waals surface area contributed by atoms with Gasteiger partial charge in [-0.15, -0.1) is 0 Å². The molecule has 0 radical (unpaired) electrons. The number of sulfonamides is 1. The van der Waals surface area contributed by atoms with E-state index in [1.807, 2.05) is 6.92 Å². The molecule has 0 bridgehead atoms. The van der Waals surface area contributed by atoms with Crippen LogP contribution in [0.3, 0.4) is 0 Å². The lowest BCUT2D eigenvalue weighted by Crippen LogP contribution is -2.35. The van der Waals surface area contributed by atoms with Crippen molar-refractivity contribution in [2.24, 2.45) is 5.92 Å². The third kappa shape index (κ3) is 3.54. The van der Waals surface area contributed by atoms with Crippen LogP contribution < -0.4 is 0 Å². The van der Waals surface area contributed by atoms with E-state index in [4.69, 9.17) is 16.3 Å². The molecular formula is C13H17BrClNO3S. The molecule has 4 nitrogen and oxygen atoms in total. The number of benzene rings is 1. The van der Waals surface area contributed by atoms with Gasteiger partial charge in [-0.25, -0.2) is 8.42 Å². The molecule has 20 heavy (non-hydrogen) atoms. The molecule has 1 heterocycles. The van der Waals surface area contributed by atoms with Gasteiger partial charge in [0, 0.05) is 24.2 Å². The van der Waals surface area contributed by atoms with Crippen LogP contribution in [0.2, 0.25) is 5.02 Å². The van der Waals surface area contributed by atoms with Gasteiger partial charge in [0.25, 0.3) is 0 Å². The molecule has 1 aromatic rings. The summed E-state index contributed by atoms with van der Waals surface area (Å²) < 4.78 is 32.9. The normalized spacial score (nSPS) is 19.7. The molecular weight excluding hydrogens is 366 g/mol. The van der Waals surface area contributed by atoms with Gasteiger partial charge in [-0.1, -0.05) is 34.5 Å². The van der Waals surface area contributed by atoms with Gasteiger partial charge in [0.2, 0.25) is 10.0 Å². The highest BCUT2D eigenvalue weighted by Gasteiger charge is 2.29. The number of halogens is 2. The molecule has 0 aliphatic carbocycles. The van der Waals surface area contributed by atoms with Crippen LogP contribution in [0, 0.1) is 5.92 Å². The van der Waals surface area contributed by atoms with Crippen molar-refractivity contribution >= 4 is 37.6 Å². The first-order valence-electron chi connectivity index (χ1n) is 6.48. The van der Waals surface area contributed by atoms with Gasteiger partial charge in [-0.2, -0.15) is 4.31 Å². The molecule has 0 saturated carbocycles. The molecule has 0 N–H and O–H groups in total. The summed E-state index contributed by atoms with van der Waals surface area (Å²) in [5.74, 6) is 0.263. The van der Waals surface area contributed by atoms with E-state index in [0.717, 1.165) is 10.9 Å². The van der Waals surface area contributed by atoms with Gasteiger partial charge >= 0.3 is 0 Å². The van der Waals surface area contributed by atoms with Crippen LogP contribution in [0.4, 0.5) is 0 Å². The summed E-state index contributed by atoms with van der Waals surface area (Å²) in [5.41, 5.74) is 0. The third-order valence-electron chi connectivity index (χ3n) is 3.35. The SMILES string of the molecule is CCN(CC1CCOC1)S(=O)(=O)c1ccc(Br)cc1Cl. The van der Waals surface area contributed by atoms with Crippen molar-refractivity contribution in [1.82, 2.24) is 4.31 Å². The molecule has 0 amide bonds. The maximum absolute atomic E-state index is 12.7. The molecule has 1 aliphatic rings. The number of rotatable bonds is 5. The zero-order chi connectivity index (χ0) is 14.8. The first kappa shape index (κ1) is 16.2. The third-order valence-corrected chi connectivity index (χ3v) is 6.27. The summed E-state index contributed by atoms with van der Waals surface area (Å²) in [4.78, 5) is 0.156. The second-order valence-corrected chi connectivity index (χ2v) is 7.99. The average molecular weight is 383 g/mol. The van der Waals surface area contributed by atoms with E-state index in [0.29, 0.717) is 26.3 Å². The average Bonchev–Trinajstić information content (AvgIpc) is 2.88. The first-order valence-corrected chi connectivity index (χ1v) is 9.09. The lowest BCUT2D eigenvalue weighted by Gasteiger charge is -2.23. The Morgan fingerprint density at radius 1 is 1.50 bits per heavy atom. The second-order valence-electron chi connectivity index (χ2n) is 4.76. The van der Waals surface area contributed by atoms with E-state index >= 15 is 0 Å². The molecule has 112 valence electrons. The Morgan fingerprint density at radius 2 is 2.25 bits per heavy atom. The summed E-state index contributed by atoms with van der Waals surface area (Å²) in [5, 5.41) is 0.237. The number of hydrogen-bond acceptors (Lipinski definition) is 3. The summed E-state index contributed by atoms with van der Waals surface area (Å²) in [7, 11) is -3.56. The predicted octanol–water partition coefficient (Wildman–Crippen LogP) is 3.15. The zero-order valence-electron chi connectivity index (χ0n) is 11.2. The Bertz CT molecular complexity index is 573. The van der Waals surface area contributed by atoms with E-state index in [2.05, 4.69) is 15.9 Å². The molecule has 1 aromatic carbocycles. The maximum Gasteiger partial charge on any atom is 0.244 e. The molecule has 1 fully saturated rings. The van der Waals surface area contributed by atoms with Crippen molar-refractivity contribution in [3.8, 4) is 0 Å². The second kappa shape index (κ2) is 6.75. The Kier molecular flexibility index (Phi) is 5.48. The van der Waals surface area contributed by atoms with Crippen LogP contribution in [0.15, 0.2) is 27.6 Å². The maximum atomic E-state index is 12.7. The molecule has 1 atom stereocenters. The first-order chi connectivity index (χ1) is 9.45. The van der Waals surface area contributed by atoms with Crippen molar-refractivity contribution in [3.63, 3.8) is 0 Å². The Labute approximate surface area is 133 Å². The van der Waals surface area contributed by atoms with Gasteiger partial charge in [-0.3, -0.25) is 0 Å². The largest absolute Gasteiger partial charge is 0.381 e. The fraction of sp³-hybridized carbons (Fsp3) is 0.538. The molecule has 7 heteroatoms. The van der Waals surface area contributed by atoms with Crippen LogP contribution >= 0.6 is 27.5 Å². The van der Waals surface area contributed by atoms with Gasteiger partial charge < -0.3 is 4.74 Å². The number of ether oxygens (including phenoxy) is 1. The van der Waals surface area contributed by atoms with Crippen LogP contribution in [0.1, 0.15) is 13.3 Å². The quantitative estimate of drug-likeness (QED) is 0.786. The highest BCUT2D eigenvalue weighted by Crippen LogP contribution is 2.28. The number of hydrogen-bond donors (Lipinski definition) is 0. The molecule has 1 unspecified atom stereocenters. The highest BCUT2D eigenvalue weighted by molar-refractivity contribution is 9.10. The van der Waals surface area contributed by atoms with E-state index in [-0.39, 0.29) is 15.8 Å². The van der Waals surface area contributed by atoms with Gasteiger partial charge in [-0.05, 0) is 30.5 Å². The van der Waals surface area contributed by atoms with E-state index < -0.39 is 10.0 Å². The summed E-state index contributed by atoms with van der Waals surface area (Å²) in [6.07, 6.45) is 0.903. The van der Waals surface area contributed by atoms with Gasteiger partial charge in [0.15, 0.2) is 0 Å². The minimum atomic E-state index is -3.56. The zero-order valence-corrected chi connectivity index (χ0v) is 14.3. The minimum Gasteiger partial charge on any atom is -0.381 e. The van der Waals surface area contributed by atoms with Crippen molar-refractivity contribution in [1.29, 1.82) is 0 Å². The standard InChI is InChI=1S/C13H17BrClNO3S/c1-2-16(8-10-5-6-19-9-10)20(17,18)13-4-3-11(14)7-12(13)15/h3-4,7,10H,2,5-6,8-9H2,1H3. The lowest BCUT2D eigenvalue weighted by molar-refractivity contribution is 0.181. The Balaban J connectivity index is 2.26. The van der Waals surface area contributed by atoms with Crippen molar-refractivity contribution in [3.05, 3.63) is 27.7 Å². The van der Waals surface area contributed by atoms with Crippen molar-refractivity contribution < 1.29 is 13.2 Å². The van der Waals surface area contributed by atoms with Crippen LogP contribution in [0.5, 0.6) is 0 Å². The molecule has 0 spiro atoms. The fourth-order valence-corrected chi connectivity index (χ4v) is 4.77. The molecule has 1 saturated heterocycles. The monoisotopic (exact) mass is 381 g/mol. The van der Waals surface area contributed by atoms with Crippen LogP contribution in [-0.4, -0.2) is 39.0 Å². The topological polar surface area (TPSA) is 46.6 Å². The van der Waals surface area contributed by atoms with Crippen LogP contribution in [-0.2, 0) is 14.8 Å². The molecule has 2 rings (SSSR count).